The Morgan fingerprint density at radius 2 is 1.88 bits per heavy atom. The molecular formula is C17H34N6O. The zero-order valence-corrected chi connectivity index (χ0v) is 15.3. The molecule has 4 saturated heterocycles. The SMILES string of the molecule is CN=C(NCC1CN2CCN1CC2)NC1CCN(CCOC)CC1. The van der Waals surface area contributed by atoms with Crippen LogP contribution in [0.25, 0.3) is 0 Å². The quantitative estimate of drug-likeness (QED) is 0.492. The highest BCUT2D eigenvalue weighted by molar-refractivity contribution is 5.80. The Labute approximate surface area is 146 Å². The van der Waals surface area contributed by atoms with E-state index in [1.54, 1.807) is 7.11 Å². The molecule has 4 fully saturated rings. The number of piperidine rings is 1. The molecule has 4 aliphatic heterocycles. The van der Waals surface area contributed by atoms with Crippen molar-refractivity contribution in [3.05, 3.63) is 0 Å². The lowest BCUT2D eigenvalue weighted by Crippen LogP contribution is -2.64. The Kier molecular flexibility index (Phi) is 6.71. The van der Waals surface area contributed by atoms with Crippen LogP contribution in [0.2, 0.25) is 0 Å². The van der Waals surface area contributed by atoms with Gasteiger partial charge in [0, 0.05) is 85.1 Å². The maximum atomic E-state index is 5.17. The molecule has 2 bridgehead atoms. The molecule has 4 rings (SSSR count). The van der Waals surface area contributed by atoms with E-state index in [4.69, 9.17) is 4.74 Å². The Balaban J connectivity index is 1.36. The lowest BCUT2D eigenvalue weighted by molar-refractivity contribution is 0.0154. The van der Waals surface area contributed by atoms with Crippen LogP contribution in [0.15, 0.2) is 4.99 Å². The summed E-state index contributed by atoms with van der Waals surface area (Å²) < 4.78 is 5.17. The van der Waals surface area contributed by atoms with Crippen LogP contribution in [0.1, 0.15) is 12.8 Å². The number of hydrogen-bond donors (Lipinski definition) is 2. The maximum Gasteiger partial charge on any atom is 0.191 e. The van der Waals surface area contributed by atoms with Gasteiger partial charge >= 0.3 is 0 Å². The van der Waals surface area contributed by atoms with Crippen molar-refractivity contribution in [2.24, 2.45) is 4.99 Å². The van der Waals surface area contributed by atoms with Crippen molar-refractivity contribution >= 4 is 5.96 Å². The number of aliphatic imine (C=N–C) groups is 1. The van der Waals surface area contributed by atoms with E-state index in [1.807, 2.05) is 7.05 Å². The highest BCUT2D eigenvalue weighted by Gasteiger charge is 2.31. The molecule has 0 radical (unpaired) electrons. The van der Waals surface area contributed by atoms with Gasteiger partial charge in [-0.25, -0.2) is 0 Å². The molecular weight excluding hydrogens is 304 g/mol. The molecule has 1 unspecified atom stereocenters. The Morgan fingerprint density at radius 3 is 2.46 bits per heavy atom. The standard InChI is InChI=1S/C17H34N6O/c1-18-17(19-13-16-14-22-7-9-23(16)10-8-22)20-15-3-5-21(6-4-15)11-12-24-2/h15-16H,3-14H2,1-2H3,(H2,18,19,20). The molecule has 24 heavy (non-hydrogen) atoms. The summed E-state index contributed by atoms with van der Waals surface area (Å²) in [6.07, 6.45) is 2.35. The molecule has 0 aromatic heterocycles. The first kappa shape index (κ1) is 17.9. The summed E-state index contributed by atoms with van der Waals surface area (Å²) in [5.74, 6) is 0.961. The normalized spacial score (nSPS) is 32.1. The number of hydrogen-bond acceptors (Lipinski definition) is 5. The number of fused-ring (bicyclic) bond motifs is 3. The fraction of sp³-hybridized carbons (Fsp3) is 0.941. The van der Waals surface area contributed by atoms with E-state index < -0.39 is 0 Å². The van der Waals surface area contributed by atoms with Crippen LogP contribution in [0.3, 0.4) is 0 Å². The first-order valence-electron chi connectivity index (χ1n) is 9.43. The molecule has 0 aromatic rings. The minimum absolute atomic E-state index is 0.529. The van der Waals surface area contributed by atoms with Crippen LogP contribution in [0.4, 0.5) is 0 Å². The van der Waals surface area contributed by atoms with Gasteiger partial charge in [0.2, 0.25) is 0 Å². The highest BCUT2D eigenvalue weighted by atomic mass is 16.5. The van der Waals surface area contributed by atoms with Gasteiger partial charge in [0.25, 0.3) is 0 Å². The third-order valence-electron chi connectivity index (χ3n) is 5.66. The summed E-state index contributed by atoms with van der Waals surface area (Å²) >= 11 is 0. The predicted octanol–water partition coefficient (Wildman–Crippen LogP) is -0.738. The minimum atomic E-state index is 0.529. The van der Waals surface area contributed by atoms with Crippen LogP contribution in [0.5, 0.6) is 0 Å². The molecule has 2 N–H and O–H groups in total. The molecule has 0 spiro atoms. The van der Waals surface area contributed by atoms with Gasteiger partial charge < -0.3 is 20.3 Å². The van der Waals surface area contributed by atoms with Gasteiger partial charge in [0.15, 0.2) is 5.96 Å². The molecule has 4 aliphatic rings. The van der Waals surface area contributed by atoms with Crippen LogP contribution < -0.4 is 10.6 Å². The molecule has 0 aliphatic carbocycles. The molecule has 1 atom stereocenters. The van der Waals surface area contributed by atoms with E-state index >= 15 is 0 Å². The van der Waals surface area contributed by atoms with Crippen molar-refractivity contribution in [3.8, 4) is 0 Å². The highest BCUT2D eigenvalue weighted by Crippen LogP contribution is 2.15. The van der Waals surface area contributed by atoms with Gasteiger partial charge in [-0.2, -0.15) is 0 Å². The number of rotatable bonds is 6. The number of nitrogens with one attached hydrogen (secondary N) is 2. The Morgan fingerprint density at radius 1 is 1.12 bits per heavy atom. The van der Waals surface area contributed by atoms with Crippen LogP contribution in [-0.2, 0) is 4.74 Å². The van der Waals surface area contributed by atoms with Gasteiger partial charge in [0.1, 0.15) is 0 Å². The first-order valence-corrected chi connectivity index (χ1v) is 9.43. The Bertz CT molecular complexity index is 402. The molecule has 7 heteroatoms. The van der Waals surface area contributed by atoms with E-state index in [1.165, 1.54) is 45.6 Å². The summed E-state index contributed by atoms with van der Waals surface area (Å²) in [6.45, 7) is 11.3. The summed E-state index contributed by atoms with van der Waals surface area (Å²) in [5.41, 5.74) is 0. The average Bonchev–Trinajstić information content (AvgIpc) is 2.65. The molecule has 138 valence electrons. The van der Waals surface area contributed by atoms with Crippen molar-refractivity contribution in [3.63, 3.8) is 0 Å². The van der Waals surface area contributed by atoms with Gasteiger partial charge in [-0.3, -0.25) is 14.8 Å². The number of ether oxygens (including phenoxy) is 1. The van der Waals surface area contributed by atoms with Crippen LogP contribution >= 0.6 is 0 Å². The van der Waals surface area contributed by atoms with Gasteiger partial charge in [-0.1, -0.05) is 0 Å². The summed E-state index contributed by atoms with van der Waals surface area (Å²) in [7, 11) is 3.65. The van der Waals surface area contributed by atoms with Crippen molar-refractivity contribution in [1.29, 1.82) is 0 Å². The number of methoxy groups -OCH3 is 1. The van der Waals surface area contributed by atoms with E-state index in [0.717, 1.165) is 38.7 Å². The molecule has 0 saturated carbocycles. The van der Waals surface area contributed by atoms with E-state index in [2.05, 4.69) is 30.3 Å². The van der Waals surface area contributed by atoms with Crippen molar-refractivity contribution in [2.45, 2.75) is 24.9 Å². The molecule has 0 aromatic carbocycles. The van der Waals surface area contributed by atoms with E-state index in [0.29, 0.717) is 12.1 Å². The van der Waals surface area contributed by atoms with Crippen molar-refractivity contribution in [1.82, 2.24) is 25.3 Å². The number of likely N-dealkylation sites (tertiary alicyclic amines) is 1. The fourth-order valence-corrected chi connectivity index (χ4v) is 4.04. The topological polar surface area (TPSA) is 55.4 Å². The summed E-state index contributed by atoms with van der Waals surface area (Å²) in [5, 5.41) is 7.17. The molecule has 4 heterocycles. The largest absolute Gasteiger partial charge is 0.383 e. The first-order chi connectivity index (χ1) is 11.8. The Hall–Kier alpha value is -0.890. The van der Waals surface area contributed by atoms with Gasteiger partial charge in [-0.15, -0.1) is 0 Å². The van der Waals surface area contributed by atoms with E-state index in [9.17, 15) is 0 Å². The second-order valence-corrected chi connectivity index (χ2v) is 7.20. The minimum Gasteiger partial charge on any atom is -0.383 e. The van der Waals surface area contributed by atoms with Crippen LogP contribution in [0, 0.1) is 0 Å². The predicted molar refractivity (Wildman–Crippen MR) is 97.6 cm³/mol. The van der Waals surface area contributed by atoms with E-state index in [-0.39, 0.29) is 0 Å². The summed E-state index contributed by atoms with van der Waals surface area (Å²) in [6, 6.07) is 1.16. The number of piperazine rings is 3. The van der Waals surface area contributed by atoms with Crippen molar-refractivity contribution < 1.29 is 4.74 Å². The van der Waals surface area contributed by atoms with Crippen LogP contribution in [-0.4, -0.2) is 112 Å². The second kappa shape index (κ2) is 8.99. The average molecular weight is 339 g/mol. The lowest BCUT2D eigenvalue weighted by Gasteiger charge is -2.47. The van der Waals surface area contributed by atoms with Gasteiger partial charge in [-0.05, 0) is 12.8 Å². The maximum absolute atomic E-state index is 5.17. The fourth-order valence-electron chi connectivity index (χ4n) is 4.04. The zero-order chi connectivity index (χ0) is 16.8. The third kappa shape index (κ3) is 4.81. The van der Waals surface area contributed by atoms with Crippen molar-refractivity contribution in [2.75, 3.05) is 79.7 Å². The molecule has 0 amide bonds. The van der Waals surface area contributed by atoms with Gasteiger partial charge in [0.05, 0.1) is 6.61 Å². The number of guanidine groups is 1. The lowest BCUT2D eigenvalue weighted by atomic mass is 10.1. The zero-order valence-electron chi connectivity index (χ0n) is 15.3. The monoisotopic (exact) mass is 338 g/mol. The smallest absolute Gasteiger partial charge is 0.191 e. The second-order valence-electron chi connectivity index (χ2n) is 7.20. The molecule has 7 nitrogen and oxygen atoms in total. The summed E-state index contributed by atoms with van der Waals surface area (Å²) in [4.78, 5) is 12.1. The third-order valence-corrected chi connectivity index (χ3v) is 5.66. The number of nitrogens with zero attached hydrogens (tertiary/aromatic N) is 4.